The van der Waals surface area contributed by atoms with Crippen molar-refractivity contribution in [2.24, 2.45) is 0 Å². The summed E-state index contributed by atoms with van der Waals surface area (Å²) in [6, 6.07) is 17.6. The first kappa shape index (κ1) is 25.6. The highest BCUT2D eigenvalue weighted by molar-refractivity contribution is 6.51. The molecule has 36 heavy (non-hydrogen) atoms. The average molecular weight is 526 g/mol. The molecular formula is C28H25Cl2NO5. The van der Waals surface area contributed by atoms with Gasteiger partial charge in [0.2, 0.25) is 0 Å². The number of hydrogen-bond acceptors (Lipinski definition) is 5. The van der Waals surface area contributed by atoms with E-state index in [9.17, 15) is 14.7 Å². The average Bonchev–Trinajstić information content (AvgIpc) is 3.11. The number of benzene rings is 3. The van der Waals surface area contributed by atoms with Gasteiger partial charge in [0.05, 0.1) is 34.4 Å². The molecule has 1 heterocycles. The number of aliphatic hydroxyl groups is 1. The summed E-state index contributed by atoms with van der Waals surface area (Å²) in [5.74, 6) is -0.613. The van der Waals surface area contributed by atoms with Gasteiger partial charge in [0.25, 0.3) is 11.7 Å². The van der Waals surface area contributed by atoms with E-state index in [2.05, 4.69) is 0 Å². The number of Topliss-reactive ketones (excluding diaryl/α,β-unsaturated/α-hetero) is 1. The standard InChI is InChI=1S/C28H25Cl2NO5/c1-4-35-20-12-8-19(9-13-20)31-25(17-5-10-21(11-6-17)36-16(2)3)24(27(33)28(31)34)26(32)18-7-14-22(29)23(30)15-18/h5-16,25,32H,4H2,1-3H3/b26-24-. The van der Waals surface area contributed by atoms with Crippen LogP contribution in [0.15, 0.2) is 72.3 Å². The SMILES string of the molecule is CCOc1ccc(N2C(=O)C(=O)/C(=C(\O)c3ccc(Cl)c(Cl)c3)C2c2ccc(OC(C)C)cc2)cc1. The maximum Gasteiger partial charge on any atom is 0.300 e. The lowest BCUT2D eigenvalue weighted by atomic mass is 9.95. The van der Waals surface area contributed by atoms with Crippen LogP contribution in [0.4, 0.5) is 5.69 Å². The van der Waals surface area contributed by atoms with Crippen LogP contribution in [0.2, 0.25) is 10.0 Å². The zero-order valence-corrected chi connectivity index (χ0v) is 21.5. The minimum atomic E-state index is -0.884. The highest BCUT2D eigenvalue weighted by Gasteiger charge is 2.47. The molecule has 1 unspecified atom stereocenters. The number of halogens is 2. The number of hydrogen-bond donors (Lipinski definition) is 1. The van der Waals surface area contributed by atoms with Crippen LogP contribution in [0, 0.1) is 0 Å². The summed E-state index contributed by atoms with van der Waals surface area (Å²) in [5.41, 5.74) is 1.34. The smallest absolute Gasteiger partial charge is 0.300 e. The molecule has 1 saturated heterocycles. The lowest BCUT2D eigenvalue weighted by Gasteiger charge is -2.26. The van der Waals surface area contributed by atoms with Crippen molar-refractivity contribution in [2.45, 2.75) is 32.9 Å². The van der Waals surface area contributed by atoms with Crippen molar-refractivity contribution >= 4 is 46.3 Å². The number of rotatable bonds is 7. The number of aliphatic hydroxyl groups excluding tert-OH is 1. The van der Waals surface area contributed by atoms with Gasteiger partial charge in [-0.15, -0.1) is 0 Å². The zero-order chi connectivity index (χ0) is 26.0. The third-order valence-corrected chi connectivity index (χ3v) is 6.37. The molecule has 0 aromatic heterocycles. The topological polar surface area (TPSA) is 76.1 Å². The molecule has 1 aliphatic heterocycles. The third kappa shape index (κ3) is 5.06. The largest absolute Gasteiger partial charge is 0.507 e. The first-order chi connectivity index (χ1) is 17.2. The summed E-state index contributed by atoms with van der Waals surface area (Å²) in [7, 11) is 0. The van der Waals surface area contributed by atoms with E-state index in [1.165, 1.54) is 17.0 Å². The lowest BCUT2D eigenvalue weighted by molar-refractivity contribution is -0.132. The van der Waals surface area contributed by atoms with Crippen LogP contribution in [0.3, 0.4) is 0 Å². The molecule has 1 fully saturated rings. The summed E-state index contributed by atoms with van der Waals surface area (Å²) in [6.07, 6.45) is -0.0139. The van der Waals surface area contributed by atoms with Gasteiger partial charge in [-0.25, -0.2) is 0 Å². The minimum absolute atomic E-state index is 0.0139. The van der Waals surface area contributed by atoms with Crippen LogP contribution in [0.5, 0.6) is 11.5 Å². The van der Waals surface area contributed by atoms with Gasteiger partial charge in [0.1, 0.15) is 17.3 Å². The normalized spacial score (nSPS) is 17.1. The first-order valence-electron chi connectivity index (χ1n) is 11.5. The summed E-state index contributed by atoms with van der Waals surface area (Å²) in [5, 5.41) is 11.8. The fraction of sp³-hybridized carbons (Fsp3) is 0.214. The number of carbonyl (C=O) groups excluding carboxylic acids is 2. The molecule has 0 radical (unpaired) electrons. The van der Waals surface area contributed by atoms with Gasteiger partial charge in [-0.3, -0.25) is 14.5 Å². The Labute approximate surface area is 219 Å². The van der Waals surface area contributed by atoms with Gasteiger partial charge in [0, 0.05) is 11.3 Å². The van der Waals surface area contributed by atoms with E-state index >= 15 is 0 Å². The number of ketones is 1. The van der Waals surface area contributed by atoms with Crippen molar-refractivity contribution in [1.29, 1.82) is 0 Å². The second-order valence-electron chi connectivity index (χ2n) is 8.46. The van der Waals surface area contributed by atoms with Crippen molar-refractivity contribution in [3.05, 3.63) is 93.5 Å². The molecule has 1 amide bonds. The van der Waals surface area contributed by atoms with Gasteiger partial charge >= 0.3 is 0 Å². The van der Waals surface area contributed by atoms with Crippen LogP contribution < -0.4 is 14.4 Å². The van der Waals surface area contributed by atoms with Crippen LogP contribution in [0.25, 0.3) is 5.76 Å². The van der Waals surface area contributed by atoms with Crippen LogP contribution in [-0.4, -0.2) is 29.5 Å². The van der Waals surface area contributed by atoms with Crippen LogP contribution in [0.1, 0.15) is 37.9 Å². The van der Waals surface area contributed by atoms with E-state index in [1.807, 2.05) is 20.8 Å². The Balaban J connectivity index is 1.87. The summed E-state index contributed by atoms with van der Waals surface area (Å²) in [4.78, 5) is 28.0. The molecule has 4 rings (SSSR count). The third-order valence-electron chi connectivity index (χ3n) is 5.63. The van der Waals surface area contributed by atoms with E-state index < -0.39 is 17.7 Å². The Bertz CT molecular complexity index is 1320. The van der Waals surface area contributed by atoms with Gasteiger partial charge in [-0.2, -0.15) is 0 Å². The molecule has 1 aliphatic rings. The second-order valence-corrected chi connectivity index (χ2v) is 9.27. The van der Waals surface area contributed by atoms with Crippen LogP contribution in [-0.2, 0) is 9.59 Å². The number of anilines is 1. The van der Waals surface area contributed by atoms with E-state index in [4.69, 9.17) is 32.7 Å². The molecule has 0 aliphatic carbocycles. The molecule has 8 heteroatoms. The van der Waals surface area contributed by atoms with Crippen LogP contribution >= 0.6 is 23.2 Å². The second kappa shape index (κ2) is 10.6. The number of amides is 1. The van der Waals surface area contributed by atoms with Gasteiger partial charge in [-0.1, -0.05) is 35.3 Å². The quantitative estimate of drug-likeness (QED) is 0.208. The number of ether oxygens (including phenoxy) is 2. The van der Waals surface area contributed by atoms with E-state index in [-0.39, 0.29) is 28.0 Å². The van der Waals surface area contributed by atoms with Crippen molar-refractivity contribution in [3.63, 3.8) is 0 Å². The van der Waals surface area contributed by atoms with Crippen molar-refractivity contribution < 1.29 is 24.2 Å². The minimum Gasteiger partial charge on any atom is -0.507 e. The Morgan fingerprint density at radius 1 is 0.944 bits per heavy atom. The number of carbonyl (C=O) groups is 2. The molecule has 0 spiro atoms. The molecule has 0 saturated carbocycles. The Morgan fingerprint density at radius 2 is 1.58 bits per heavy atom. The highest BCUT2D eigenvalue weighted by Crippen LogP contribution is 2.43. The molecule has 3 aromatic carbocycles. The molecule has 3 aromatic rings. The number of nitrogens with zero attached hydrogens (tertiary/aromatic N) is 1. The fourth-order valence-electron chi connectivity index (χ4n) is 4.08. The molecule has 186 valence electrons. The van der Waals surface area contributed by atoms with Crippen molar-refractivity contribution in [2.75, 3.05) is 11.5 Å². The Kier molecular flexibility index (Phi) is 7.57. The highest BCUT2D eigenvalue weighted by atomic mass is 35.5. The first-order valence-corrected chi connectivity index (χ1v) is 12.2. The molecule has 6 nitrogen and oxygen atoms in total. The fourth-order valence-corrected chi connectivity index (χ4v) is 4.38. The summed E-state index contributed by atoms with van der Waals surface area (Å²) >= 11 is 12.2. The van der Waals surface area contributed by atoms with Crippen molar-refractivity contribution in [3.8, 4) is 11.5 Å². The maximum absolute atomic E-state index is 13.3. The van der Waals surface area contributed by atoms with Gasteiger partial charge in [-0.05, 0) is 80.9 Å². The predicted octanol–water partition coefficient (Wildman–Crippen LogP) is 6.81. The maximum atomic E-state index is 13.3. The summed E-state index contributed by atoms with van der Waals surface area (Å²) < 4.78 is 11.2. The summed E-state index contributed by atoms with van der Waals surface area (Å²) in [6.45, 7) is 6.22. The zero-order valence-electron chi connectivity index (χ0n) is 20.0. The lowest BCUT2D eigenvalue weighted by Crippen LogP contribution is -2.29. The Morgan fingerprint density at radius 3 is 2.17 bits per heavy atom. The molecule has 1 N–H and O–H groups in total. The van der Waals surface area contributed by atoms with E-state index in [0.717, 1.165) is 0 Å². The van der Waals surface area contributed by atoms with E-state index in [0.29, 0.717) is 34.4 Å². The molecule has 0 bridgehead atoms. The van der Waals surface area contributed by atoms with Gasteiger partial charge in [0.15, 0.2) is 0 Å². The predicted molar refractivity (Wildman–Crippen MR) is 141 cm³/mol. The monoisotopic (exact) mass is 525 g/mol. The van der Waals surface area contributed by atoms with Gasteiger partial charge < -0.3 is 14.6 Å². The van der Waals surface area contributed by atoms with E-state index in [1.54, 1.807) is 54.6 Å². The Hall–Kier alpha value is -3.48. The molecular weight excluding hydrogens is 501 g/mol. The molecule has 1 atom stereocenters. The van der Waals surface area contributed by atoms with Crippen molar-refractivity contribution in [1.82, 2.24) is 0 Å².